The summed E-state index contributed by atoms with van der Waals surface area (Å²) in [5, 5.41) is 7.29. The van der Waals surface area contributed by atoms with Crippen molar-refractivity contribution >= 4 is 11.8 Å². The molecule has 2 amide bonds. The summed E-state index contributed by atoms with van der Waals surface area (Å²) in [6.07, 6.45) is 5.56. The average molecular weight is 388 g/mol. The summed E-state index contributed by atoms with van der Waals surface area (Å²) < 4.78 is 8.84. The Balaban J connectivity index is 1.76. The highest BCUT2D eigenvalue weighted by Crippen LogP contribution is 2.38. The fourth-order valence-electron chi connectivity index (χ4n) is 3.69. The van der Waals surface area contributed by atoms with Crippen molar-refractivity contribution in [1.82, 2.24) is 29.5 Å². The number of amides is 2. The molecule has 1 N–H and O–H groups in total. The van der Waals surface area contributed by atoms with Crippen LogP contribution in [0.25, 0.3) is 0 Å². The van der Waals surface area contributed by atoms with Crippen LogP contribution in [0.1, 0.15) is 41.1 Å². The number of nitrogens with zero attached hydrogens (tertiary/aromatic N) is 5. The van der Waals surface area contributed by atoms with Gasteiger partial charge in [-0.25, -0.2) is 4.98 Å². The Bertz CT molecular complexity index is 843. The molecule has 0 unspecified atom stereocenters. The van der Waals surface area contributed by atoms with Crippen LogP contribution in [0.3, 0.4) is 0 Å². The molecule has 2 atom stereocenters. The summed E-state index contributed by atoms with van der Waals surface area (Å²) >= 11 is 0. The largest absolute Gasteiger partial charge is 0.383 e. The normalized spacial score (nSPS) is 19.4. The maximum atomic E-state index is 12.7. The summed E-state index contributed by atoms with van der Waals surface area (Å²) in [5.74, 6) is -0.194. The third-order valence-electron chi connectivity index (χ3n) is 5.42. The number of rotatable bonds is 8. The molecule has 1 aliphatic heterocycles. The third-order valence-corrected chi connectivity index (χ3v) is 5.42. The van der Waals surface area contributed by atoms with Gasteiger partial charge in [-0.2, -0.15) is 5.10 Å². The van der Waals surface area contributed by atoms with Gasteiger partial charge in [-0.1, -0.05) is 0 Å². The van der Waals surface area contributed by atoms with Crippen molar-refractivity contribution in [2.75, 3.05) is 26.8 Å². The molecule has 3 rings (SSSR count). The lowest BCUT2D eigenvalue weighted by Gasteiger charge is -2.28. The van der Waals surface area contributed by atoms with Gasteiger partial charge in [0.25, 0.3) is 5.91 Å². The Morgan fingerprint density at radius 3 is 2.82 bits per heavy atom. The first-order valence-electron chi connectivity index (χ1n) is 9.53. The molecule has 0 saturated carbocycles. The number of hydrogen-bond donors (Lipinski definition) is 1. The van der Waals surface area contributed by atoms with E-state index in [0.29, 0.717) is 31.8 Å². The lowest BCUT2D eigenvalue weighted by Crippen LogP contribution is -2.35. The molecule has 1 saturated heterocycles. The maximum Gasteiger partial charge on any atom is 0.271 e. The van der Waals surface area contributed by atoms with Crippen LogP contribution in [0.2, 0.25) is 0 Å². The summed E-state index contributed by atoms with van der Waals surface area (Å²) in [5.41, 5.74) is 2.41. The van der Waals surface area contributed by atoms with Gasteiger partial charge >= 0.3 is 0 Å². The van der Waals surface area contributed by atoms with Crippen LogP contribution in [0.4, 0.5) is 0 Å². The van der Waals surface area contributed by atoms with Crippen molar-refractivity contribution in [2.24, 2.45) is 13.0 Å². The minimum absolute atomic E-state index is 0.0375. The van der Waals surface area contributed by atoms with E-state index in [1.807, 2.05) is 36.6 Å². The summed E-state index contributed by atoms with van der Waals surface area (Å²) in [7, 11) is 3.51. The Morgan fingerprint density at radius 1 is 1.43 bits per heavy atom. The zero-order valence-corrected chi connectivity index (χ0v) is 16.9. The predicted octanol–water partition coefficient (Wildman–Crippen LogP) is 0.911. The molecule has 0 bridgehead atoms. The zero-order valence-electron chi connectivity index (χ0n) is 16.9. The molecule has 0 spiro atoms. The highest BCUT2D eigenvalue weighted by atomic mass is 16.5. The van der Waals surface area contributed by atoms with Gasteiger partial charge in [0.1, 0.15) is 5.69 Å². The highest BCUT2D eigenvalue weighted by Gasteiger charge is 2.41. The van der Waals surface area contributed by atoms with E-state index in [4.69, 9.17) is 4.74 Å². The summed E-state index contributed by atoms with van der Waals surface area (Å²) in [6, 6.07) is -0.134. The lowest BCUT2D eigenvalue weighted by atomic mass is 9.94. The van der Waals surface area contributed by atoms with Gasteiger partial charge in [-0.15, -0.1) is 0 Å². The second-order valence-electron chi connectivity index (χ2n) is 7.10. The number of aromatic nitrogens is 4. The second-order valence-corrected chi connectivity index (χ2v) is 7.10. The average Bonchev–Trinajstić information content (AvgIpc) is 3.37. The Kier molecular flexibility index (Phi) is 6.13. The number of ether oxygens (including phenoxy) is 1. The van der Waals surface area contributed by atoms with E-state index in [9.17, 15) is 9.59 Å². The fourth-order valence-corrected chi connectivity index (χ4v) is 3.69. The zero-order chi connectivity index (χ0) is 20.3. The van der Waals surface area contributed by atoms with E-state index >= 15 is 0 Å². The predicted molar refractivity (Wildman–Crippen MR) is 103 cm³/mol. The van der Waals surface area contributed by atoms with E-state index in [1.54, 1.807) is 24.3 Å². The molecule has 0 aliphatic carbocycles. The molecular weight excluding hydrogens is 360 g/mol. The Hall–Kier alpha value is -2.68. The number of nitrogens with one attached hydrogen (secondary N) is 1. The summed E-state index contributed by atoms with van der Waals surface area (Å²) in [6.45, 7) is 6.12. The van der Waals surface area contributed by atoms with E-state index < -0.39 is 0 Å². The molecule has 1 aliphatic rings. The van der Waals surface area contributed by atoms with Gasteiger partial charge in [0.05, 0.1) is 25.2 Å². The molecular formula is C19H28N6O3. The van der Waals surface area contributed by atoms with Gasteiger partial charge in [-0.05, 0) is 13.8 Å². The molecule has 3 heterocycles. The number of aryl methyl sites for hydroxylation is 2. The second kappa shape index (κ2) is 8.55. The smallest absolute Gasteiger partial charge is 0.271 e. The van der Waals surface area contributed by atoms with Crippen LogP contribution in [0, 0.1) is 12.8 Å². The van der Waals surface area contributed by atoms with E-state index in [0.717, 1.165) is 17.8 Å². The van der Waals surface area contributed by atoms with Crippen LogP contribution >= 0.6 is 0 Å². The molecule has 1 fully saturated rings. The number of carbonyl (C=O) groups excluding carboxylic acids is 2. The molecule has 152 valence electrons. The van der Waals surface area contributed by atoms with E-state index in [2.05, 4.69) is 15.4 Å². The van der Waals surface area contributed by atoms with Crippen molar-refractivity contribution in [1.29, 1.82) is 0 Å². The van der Waals surface area contributed by atoms with Gasteiger partial charge in [0.15, 0.2) is 0 Å². The first-order chi connectivity index (χ1) is 13.5. The van der Waals surface area contributed by atoms with Crippen LogP contribution in [0.5, 0.6) is 0 Å². The molecule has 0 aromatic carbocycles. The van der Waals surface area contributed by atoms with Crippen LogP contribution in [0.15, 0.2) is 18.7 Å². The molecule has 9 nitrogen and oxygen atoms in total. The molecule has 0 radical (unpaired) electrons. The first-order valence-corrected chi connectivity index (χ1v) is 9.53. The Morgan fingerprint density at radius 2 is 2.21 bits per heavy atom. The number of methoxy groups -OCH3 is 1. The number of likely N-dealkylation sites (tertiary alicyclic amines) is 1. The fraction of sp³-hybridized carbons (Fsp3) is 0.579. The molecule has 2 aromatic rings. The molecule has 28 heavy (non-hydrogen) atoms. The lowest BCUT2D eigenvalue weighted by molar-refractivity contribution is -0.129. The number of hydrogen-bond acceptors (Lipinski definition) is 5. The monoisotopic (exact) mass is 388 g/mol. The third kappa shape index (κ3) is 3.94. The minimum atomic E-state index is -0.225. The number of carbonyl (C=O) groups is 2. The Labute approximate surface area is 164 Å². The van der Waals surface area contributed by atoms with Crippen molar-refractivity contribution in [2.45, 2.75) is 32.9 Å². The van der Waals surface area contributed by atoms with Crippen molar-refractivity contribution < 1.29 is 14.3 Å². The van der Waals surface area contributed by atoms with Crippen LogP contribution in [-0.4, -0.2) is 62.9 Å². The first kappa shape index (κ1) is 20.1. The van der Waals surface area contributed by atoms with Crippen LogP contribution in [-0.2, 0) is 23.1 Å². The van der Waals surface area contributed by atoms with E-state index in [-0.39, 0.29) is 23.8 Å². The summed E-state index contributed by atoms with van der Waals surface area (Å²) in [4.78, 5) is 31.1. The minimum Gasteiger partial charge on any atom is -0.383 e. The van der Waals surface area contributed by atoms with Crippen molar-refractivity contribution in [3.63, 3.8) is 0 Å². The SMILES string of the molecule is CCn1cnc(C(=O)NC[C@@H]2CC(=O)N(CCOC)[C@H]2c2cnn(C)c2C)c1. The molecule has 9 heteroatoms. The van der Waals surface area contributed by atoms with Gasteiger partial charge in [0.2, 0.25) is 5.91 Å². The maximum absolute atomic E-state index is 12.7. The van der Waals surface area contributed by atoms with E-state index in [1.165, 1.54) is 0 Å². The number of imidazole rings is 1. The van der Waals surface area contributed by atoms with Crippen molar-refractivity contribution in [3.8, 4) is 0 Å². The van der Waals surface area contributed by atoms with Gasteiger partial charge in [-0.3, -0.25) is 14.3 Å². The highest BCUT2D eigenvalue weighted by molar-refractivity contribution is 5.92. The van der Waals surface area contributed by atoms with Crippen molar-refractivity contribution in [3.05, 3.63) is 35.7 Å². The van der Waals surface area contributed by atoms with Crippen LogP contribution < -0.4 is 5.32 Å². The van der Waals surface area contributed by atoms with Gasteiger partial charge in [0, 0.05) is 63.6 Å². The molecule has 2 aromatic heterocycles. The quantitative estimate of drug-likeness (QED) is 0.725. The standard InChI is InChI=1S/C19H28N6O3/c1-5-24-11-16(21-12-24)19(27)20-9-14-8-17(26)25(6-7-28-4)18(14)15-10-22-23(3)13(15)2/h10-12,14,18H,5-9H2,1-4H3,(H,20,27)/t14-,18+/m0/s1. The topological polar surface area (TPSA) is 94.3 Å². The van der Waals surface area contributed by atoms with Gasteiger partial charge < -0.3 is 19.5 Å².